The first-order valence-corrected chi connectivity index (χ1v) is 7.93. The molecule has 0 amide bonds. The number of carbonyl (C=O) groups is 1. The van der Waals surface area contributed by atoms with Crippen LogP contribution in [0.25, 0.3) is 0 Å². The van der Waals surface area contributed by atoms with Crippen LogP contribution in [0.5, 0.6) is 11.5 Å². The van der Waals surface area contributed by atoms with E-state index in [1.807, 2.05) is 30.3 Å². The van der Waals surface area contributed by atoms with E-state index < -0.39 is 11.8 Å². The molecule has 25 heavy (non-hydrogen) atoms. The van der Waals surface area contributed by atoms with Crippen molar-refractivity contribution < 1.29 is 18.7 Å². The number of benzene rings is 3. The smallest absolute Gasteiger partial charge is 0.345 e. The Kier molecular flexibility index (Phi) is 5.31. The molecule has 126 valence electrons. The maximum atomic E-state index is 13.0. The molecular weight excluding hydrogens is 343 g/mol. The summed E-state index contributed by atoms with van der Waals surface area (Å²) in [5.74, 6) is -0.162. The molecule has 3 aromatic rings. The van der Waals surface area contributed by atoms with E-state index in [1.54, 1.807) is 24.3 Å². The van der Waals surface area contributed by atoms with E-state index in [0.29, 0.717) is 18.1 Å². The maximum absolute atomic E-state index is 13.0. The lowest BCUT2D eigenvalue weighted by atomic mass is 10.2. The molecule has 5 heteroatoms. The number of hydrogen-bond acceptors (Lipinski definition) is 3. The monoisotopic (exact) mass is 356 g/mol. The first kappa shape index (κ1) is 17.0. The van der Waals surface area contributed by atoms with Crippen LogP contribution in [0.4, 0.5) is 4.39 Å². The second-order valence-electron chi connectivity index (χ2n) is 5.26. The van der Waals surface area contributed by atoms with E-state index >= 15 is 0 Å². The van der Waals surface area contributed by atoms with Crippen molar-refractivity contribution >= 4 is 17.6 Å². The van der Waals surface area contributed by atoms with Gasteiger partial charge in [-0.15, -0.1) is 0 Å². The van der Waals surface area contributed by atoms with Gasteiger partial charge in [-0.2, -0.15) is 0 Å². The van der Waals surface area contributed by atoms with E-state index in [-0.39, 0.29) is 10.6 Å². The molecule has 0 spiro atoms. The summed E-state index contributed by atoms with van der Waals surface area (Å²) >= 11 is 5.85. The van der Waals surface area contributed by atoms with E-state index in [1.165, 1.54) is 6.07 Å². The van der Waals surface area contributed by atoms with Crippen LogP contribution in [0.15, 0.2) is 72.8 Å². The zero-order valence-electron chi connectivity index (χ0n) is 13.1. The molecule has 0 fully saturated rings. The van der Waals surface area contributed by atoms with Crippen molar-refractivity contribution in [1.82, 2.24) is 0 Å². The fourth-order valence-electron chi connectivity index (χ4n) is 2.16. The average molecular weight is 357 g/mol. The van der Waals surface area contributed by atoms with Crippen molar-refractivity contribution in [3.63, 3.8) is 0 Å². The number of carbonyl (C=O) groups excluding carboxylic acids is 1. The van der Waals surface area contributed by atoms with Gasteiger partial charge in [0.25, 0.3) is 0 Å². The fourth-order valence-corrected chi connectivity index (χ4v) is 2.41. The summed E-state index contributed by atoms with van der Waals surface area (Å²) in [6.07, 6.45) is 0. The molecule has 0 unspecified atom stereocenters. The lowest BCUT2D eigenvalue weighted by Gasteiger charge is -2.08. The van der Waals surface area contributed by atoms with Crippen LogP contribution in [-0.4, -0.2) is 5.97 Å². The Morgan fingerprint density at radius 3 is 2.28 bits per heavy atom. The SMILES string of the molecule is O=C(Oc1ccc(OCc2ccccc2)cc1)c1ccc(F)cc1Cl. The highest BCUT2D eigenvalue weighted by atomic mass is 35.5. The van der Waals surface area contributed by atoms with Gasteiger partial charge in [0.2, 0.25) is 0 Å². The van der Waals surface area contributed by atoms with Gasteiger partial charge in [-0.25, -0.2) is 9.18 Å². The molecule has 0 aliphatic rings. The molecule has 0 aliphatic carbocycles. The highest BCUT2D eigenvalue weighted by Gasteiger charge is 2.13. The predicted octanol–water partition coefficient (Wildman–Crippen LogP) is 5.28. The number of esters is 1. The summed E-state index contributed by atoms with van der Waals surface area (Å²) in [5.41, 5.74) is 1.16. The van der Waals surface area contributed by atoms with Gasteiger partial charge in [0.15, 0.2) is 0 Å². The molecule has 3 rings (SSSR count). The largest absolute Gasteiger partial charge is 0.489 e. The van der Waals surface area contributed by atoms with Crippen LogP contribution >= 0.6 is 11.6 Å². The molecule has 0 bridgehead atoms. The van der Waals surface area contributed by atoms with Crippen molar-refractivity contribution in [3.05, 3.63) is 94.8 Å². The molecule has 3 aromatic carbocycles. The van der Waals surface area contributed by atoms with Crippen LogP contribution < -0.4 is 9.47 Å². The quantitative estimate of drug-likeness (QED) is 0.461. The molecule has 0 radical (unpaired) electrons. The Morgan fingerprint density at radius 2 is 1.60 bits per heavy atom. The van der Waals surface area contributed by atoms with Crippen LogP contribution in [-0.2, 0) is 6.61 Å². The second-order valence-corrected chi connectivity index (χ2v) is 5.67. The Labute approximate surface area is 149 Å². The predicted molar refractivity (Wildman–Crippen MR) is 93.6 cm³/mol. The standard InChI is InChI=1S/C20H14ClFO3/c21-19-12-15(22)6-11-18(19)20(23)25-17-9-7-16(8-10-17)24-13-14-4-2-1-3-5-14/h1-12H,13H2. The molecule has 0 heterocycles. The van der Waals surface area contributed by atoms with Crippen LogP contribution in [0.3, 0.4) is 0 Å². The fraction of sp³-hybridized carbons (Fsp3) is 0.0500. The van der Waals surface area contributed by atoms with Crippen LogP contribution in [0.2, 0.25) is 5.02 Å². The summed E-state index contributed by atoms with van der Waals surface area (Å²) in [7, 11) is 0. The van der Waals surface area contributed by atoms with Gasteiger partial charge in [-0.1, -0.05) is 41.9 Å². The van der Waals surface area contributed by atoms with E-state index in [4.69, 9.17) is 21.1 Å². The van der Waals surface area contributed by atoms with Gasteiger partial charge < -0.3 is 9.47 Å². The highest BCUT2D eigenvalue weighted by Crippen LogP contribution is 2.22. The average Bonchev–Trinajstić information content (AvgIpc) is 2.62. The minimum atomic E-state index is -0.650. The number of rotatable bonds is 5. The van der Waals surface area contributed by atoms with E-state index in [0.717, 1.165) is 17.7 Å². The number of hydrogen-bond donors (Lipinski definition) is 0. The lowest BCUT2D eigenvalue weighted by Crippen LogP contribution is -2.09. The minimum absolute atomic E-state index is 0.00724. The van der Waals surface area contributed by atoms with Crippen molar-refractivity contribution in [1.29, 1.82) is 0 Å². The zero-order chi connectivity index (χ0) is 17.6. The molecule has 0 aromatic heterocycles. The van der Waals surface area contributed by atoms with Crippen LogP contribution in [0.1, 0.15) is 15.9 Å². The third-order valence-corrected chi connectivity index (χ3v) is 3.75. The molecule has 3 nitrogen and oxygen atoms in total. The second kappa shape index (κ2) is 7.81. The van der Waals surface area contributed by atoms with Crippen molar-refractivity contribution in [2.45, 2.75) is 6.61 Å². The Hall–Kier alpha value is -2.85. The van der Waals surface area contributed by atoms with Gasteiger partial charge in [0.1, 0.15) is 23.9 Å². The maximum Gasteiger partial charge on any atom is 0.345 e. The lowest BCUT2D eigenvalue weighted by molar-refractivity contribution is 0.0734. The summed E-state index contributed by atoms with van der Waals surface area (Å²) in [5, 5.41) is 0.00724. The molecule has 0 saturated heterocycles. The Bertz CT molecular complexity index is 864. The van der Waals surface area contributed by atoms with Crippen molar-refractivity contribution in [2.24, 2.45) is 0 Å². The van der Waals surface area contributed by atoms with E-state index in [9.17, 15) is 9.18 Å². The first-order chi connectivity index (χ1) is 12.1. The number of ether oxygens (including phenoxy) is 2. The normalized spacial score (nSPS) is 10.3. The third-order valence-electron chi connectivity index (χ3n) is 3.43. The third kappa shape index (κ3) is 4.58. The first-order valence-electron chi connectivity index (χ1n) is 7.56. The molecule has 0 N–H and O–H groups in total. The Morgan fingerprint density at radius 1 is 0.920 bits per heavy atom. The Balaban J connectivity index is 1.61. The zero-order valence-corrected chi connectivity index (χ0v) is 13.9. The van der Waals surface area contributed by atoms with Gasteiger partial charge >= 0.3 is 5.97 Å². The topological polar surface area (TPSA) is 35.5 Å². The summed E-state index contributed by atoms with van der Waals surface area (Å²) in [6.45, 7) is 0.450. The molecule has 0 atom stereocenters. The van der Waals surface area contributed by atoms with Crippen molar-refractivity contribution in [3.8, 4) is 11.5 Å². The molecule has 0 saturated carbocycles. The summed E-state index contributed by atoms with van der Waals surface area (Å²) in [4.78, 5) is 12.1. The van der Waals surface area contributed by atoms with Gasteiger partial charge in [-0.05, 0) is 48.0 Å². The van der Waals surface area contributed by atoms with Gasteiger partial charge in [0, 0.05) is 0 Å². The highest BCUT2D eigenvalue weighted by molar-refractivity contribution is 6.33. The minimum Gasteiger partial charge on any atom is -0.489 e. The summed E-state index contributed by atoms with van der Waals surface area (Å²) in [6, 6.07) is 20.0. The van der Waals surface area contributed by atoms with Crippen LogP contribution in [0, 0.1) is 5.82 Å². The van der Waals surface area contributed by atoms with Gasteiger partial charge in [-0.3, -0.25) is 0 Å². The number of halogens is 2. The summed E-state index contributed by atoms with van der Waals surface area (Å²) < 4.78 is 23.9. The van der Waals surface area contributed by atoms with E-state index in [2.05, 4.69) is 0 Å². The van der Waals surface area contributed by atoms with Gasteiger partial charge in [0.05, 0.1) is 10.6 Å². The van der Waals surface area contributed by atoms with Crippen molar-refractivity contribution in [2.75, 3.05) is 0 Å². The molecular formula is C20H14ClFO3. The molecule has 0 aliphatic heterocycles.